The van der Waals surface area contributed by atoms with E-state index >= 15 is 0 Å². The second-order valence-electron chi connectivity index (χ2n) is 7.06. The largest absolute Gasteiger partial charge is 0.493 e. The molecule has 4 rings (SSSR count). The number of benzene rings is 2. The topological polar surface area (TPSA) is 60.5 Å². The standard InChI is InChI=1S/C23H21BrN2O3/c1-28-20-6-5-19(14-21(20)29-15-16-7-11-25-12-8-16)26-22(27)23(9-10-23)17-3-2-4-18(24)13-17/h2-8,11-14H,9-10,15H2,1H3,(H,26,27). The molecule has 1 fully saturated rings. The van der Waals surface area contributed by atoms with Crippen LogP contribution in [0.4, 0.5) is 5.69 Å². The Bertz CT molecular complexity index is 1020. The van der Waals surface area contributed by atoms with Gasteiger partial charge in [0, 0.05) is 28.6 Å². The fourth-order valence-corrected chi connectivity index (χ4v) is 3.72. The van der Waals surface area contributed by atoms with Crippen LogP contribution in [0, 0.1) is 0 Å². The zero-order valence-corrected chi connectivity index (χ0v) is 17.6. The van der Waals surface area contributed by atoms with E-state index in [1.54, 1.807) is 31.6 Å². The Morgan fingerprint density at radius 2 is 1.90 bits per heavy atom. The third-order valence-electron chi connectivity index (χ3n) is 5.13. The van der Waals surface area contributed by atoms with Crippen molar-refractivity contribution >= 4 is 27.5 Å². The maximum atomic E-state index is 13.0. The van der Waals surface area contributed by atoms with Crippen molar-refractivity contribution in [1.82, 2.24) is 4.98 Å². The molecule has 2 aromatic carbocycles. The SMILES string of the molecule is COc1ccc(NC(=O)C2(c3cccc(Br)c3)CC2)cc1OCc1ccncc1. The van der Waals surface area contributed by atoms with Gasteiger partial charge in [0.15, 0.2) is 11.5 Å². The van der Waals surface area contributed by atoms with Gasteiger partial charge in [0.05, 0.1) is 12.5 Å². The Hall–Kier alpha value is -2.86. The highest BCUT2D eigenvalue weighted by Gasteiger charge is 2.51. The summed E-state index contributed by atoms with van der Waals surface area (Å²) in [6.07, 6.45) is 5.14. The number of pyridine rings is 1. The maximum Gasteiger partial charge on any atom is 0.235 e. The Morgan fingerprint density at radius 3 is 2.59 bits per heavy atom. The van der Waals surface area contributed by atoms with Gasteiger partial charge in [-0.3, -0.25) is 9.78 Å². The van der Waals surface area contributed by atoms with Gasteiger partial charge in [-0.05, 0) is 60.4 Å². The number of halogens is 1. The molecule has 1 heterocycles. The maximum absolute atomic E-state index is 13.0. The minimum atomic E-state index is -0.457. The van der Waals surface area contributed by atoms with Crippen LogP contribution >= 0.6 is 15.9 Å². The molecule has 1 saturated carbocycles. The van der Waals surface area contributed by atoms with Gasteiger partial charge in [-0.2, -0.15) is 0 Å². The molecule has 1 amide bonds. The number of amides is 1. The summed E-state index contributed by atoms with van der Waals surface area (Å²) in [7, 11) is 1.60. The first-order chi connectivity index (χ1) is 14.1. The molecule has 1 N–H and O–H groups in total. The molecule has 29 heavy (non-hydrogen) atoms. The summed E-state index contributed by atoms with van der Waals surface area (Å²) in [5.41, 5.74) is 2.26. The third kappa shape index (κ3) is 4.27. The fraction of sp³-hybridized carbons (Fsp3) is 0.217. The molecule has 0 unspecified atom stereocenters. The van der Waals surface area contributed by atoms with Gasteiger partial charge in [0.25, 0.3) is 0 Å². The molecular weight excluding hydrogens is 432 g/mol. The van der Waals surface area contributed by atoms with Crippen molar-refractivity contribution in [2.45, 2.75) is 24.9 Å². The summed E-state index contributed by atoms with van der Waals surface area (Å²) < 4.78 is 12.3. The second kappa shape index (κ2) is 8.25. The molecule has 1 aliphatic rings. The zero-order valence-electron chi connectivity index (χ0n) is 16.0. The number of ether oxygens (including phenoxy) is 2. The summed E-state index contributed by atoms with van der Waals surface area (Å²) in [5, 5.41) is 3.05. The molecule has 0 aliphatic heterocycles. The number of rotatable bonds is 7. The summed E-state index contributed by atoms with van der Waals surface area (Å²) in [5.74, 6) is 1.19. The number of hydrogen-bond acceptors (Lipinski definition) is 4. The van der Waals surface area contributed by atoms with Crippen LogP contribution in [0.5, 0.6) is 11.5 Å². The molecule has 5 nitrogen and oxygen atoms in total. The summed E-state index contributed by atoms with van der Waals surface area (Å²) >= 11 is 3.49. The van der Waals surface area contributed by atoms with Crippen LogP contribution in [-0.4, -0.2) is 18.0 Å². The van der Waals surface area contributed by atoms with E-state index in [2.05, 4.69) is 26.2 Å². The van der Waals surface area contributed by atoms with E-state index in [0.717, 1.165) is 28.4 Å². The number of carbonyl (C=O) groups excluding carboxylic acids is 1. The minimum Gasteiger partial charge on any atom is -0.493 e. The van der Waals surface area contributed by atoms with Crippen LogP contribution in [0.2, 0.25) is 0 Å². The van der Waals surface area contributed by atoms with E-state index in [-0.39, 0.29) is 5.91 Å². The van der Waals surface area contributed by atoms with Gasteiger partial charge in [-0.25, -0.2) is 0 Å². The number of aromatic nitrogens is 1. The van der Waals surface area contributed by atoms with Crippen LogP contribution in [-0.2, 0) is 16.8 Å². The van der Waals surface area contributed by atoms with Crippen molar-refractivity contribution in [3.63, 3.8) is 0 Å². The minimum absolute atomic E-state index is 0.000788. The summed E-state index contributed by atoms with van der Waals surface area (Å²) in [6, 6.07) is 17.2. The van der Waals surface area contributed by atoms with Gasteiger partial charge in [-0.15, -0.1) is 0 Å². The number of nitrogens with one attached hydrogen (secondary N) is 1. The lowest BCUT2D eigenvalue weighted by Crippen LogP contribution is -2.27. The Balaban J connectivity index is 1.51. The van der Waals surface area contributed by atoms with E-state index in [1.807, 2.05) is 42.5 Å². The molecule has 1 aliphatic carbocycles. The van der Waals surface area contributed by atoms with Gasteiger partial charge in [-0.1, -0.05) is 28.1 Å². The number of methoxy groups -OCH3 is 1. The lowest BCUT2D eigenvalue weighted by molar-refractivity contribution is -0.118. The lowest BCUT2D eigenvalue weighted by Gasteiger charge is -2.17. The van der Waals surface area contributed by atoms with E-state index in [9.17, 15) is 4.79 Å². The van der Waals surface area contributed by atoms with Crippen molar-refractivity contribution in [1.29, 1.82) is 0 Å². The first kappa shape index (κ1) is 19.5. The average Bonchev–Trinajstić information content (AvgIpc) is 3.55. The molecule has 6 heteroatoms. The monoisotopic (exact) mass is 452 g/mol. The van der Waals surface area contributed by atoms with E-state index in [4.69, 9.17) is 9.47 Å². The highest BCUT2D eigenvalue weighted by atomic mass is 79.9. The Morgan fingerprint density at radius 1 is 1.10 bits per heavy atom. The lowest BCUT2D eigenvalue weighted by atomic mass is 9.95. The predicted molar refractivity (Wildman–Crippen MR) is 115 cm³/mol. The normalized spacial score (nSPS) is 14.1. The van der Waals surface area contributed by atoms with Crippen LogP contribution < -0.4 is 14.8 Å². The smallest absolute Gasteiger partial charge is 0.235 e. The molecular formula is C23H21BrN2O3. The molecule has 0 atom stereocenters. The predicted octanol–water partition coefficient (Wildman–Crippen LogP) is 5.10. The molecule has 148 valence electrons. The number of anilines is 1. The Labute approximate surface area is 178 Å². The van der Waals surface area contributed by atoms with Crippen molar-refractivity contribution in [2.75, 3.05) is 12.4 Å². The molecule has 1 aromatic heterocycles. The average molecular weight is 453 g/mol. The van der Waals surface area contributed by atoms with Crippen molar-refractivity contribution in [3.05, 3.63) is 82.6 Å². The van der Waals surface area contributed by atoms with Crippen LogP contribution in [0.25, 0.3) is 0 Å². The van der Waals surface area contributed by atoms with Gasteiger partial charge >= 0.3 is 0 Å². The summed E-state index contributed by atoms with van der Waals surface area (Å²) in [6.45, 7) is 0.387. The van der Waals surface area contributed by atoms with Gasteiger partial charge < -0.3 is 14.8 Å². The quantitative estimate of drug-likeness (QED) is 0.541. The highest BCUT2D eigenvalue weighted by Crippen LogP contribution is 2.49. The molecule has 0 spiro atoms. The molecule has 0 bridgehead atoms. The van der Waals surface area contributed by atoms with Crippen molar-refractivity contribution in [3.8, 4) is 11.5 Å². The summed E-state index contributed by atoms with van der Waals surface area (Å²) in [4.78, 5) is 17.1. The van der Waals surface area contributed by atoms with Crippen molar-refractivity contribution < 1.29 is 14.3 Å². The molecule has 0 radical (unpaired) electrons. The van der Waals surface area contributed by atoms with Crippen LogP contribution in [0.3, 0.4) is 0 Å². The highest BCUT2D eigenvalue weighted by molar-refractivity contribution is 9.10. The number of nitrogens with zero attached hydrogens (tertiary/aromatic N) is 1. The molecule has 3 aromatic rings. The van der Waals surface area contributed by atoms with E-state index in [1.165, 1.54) is 0 Å². The third-order valence-corrected chi connectivity index (χ3v) is 5.62. The van der Waals surface area contributed by atoms with E-state index < -0.39 is 5.41 Å². The van der Waals surface area contributed by atoms with Crippen molar-refractivity contribution in [2.24, 2.45) is 0 Å². The zero-order chi connectivity index (χ0) is 20.3. The molecule has 0 saturated heterocycles. The number of hydrogen-bond donors (Lipinski definition) is 1. The van der Waals surface area contributed by atoms with Crippen LogP contribution in [0.1, 0.15) is 24.0 Å². The first-order valence-electron chi connectivity index (χ1n) is 9.38. The van der Waals surface area contributed by atoms with E-state index in [0.29, 0.717) is 23.8 Å². The first-order valence-corrected chi connectivity index (χ1v) is 10.2. The van der Waals surface area contributed by atoms with Gasteiger partial charge in [0.2, 0.25) is 5.91 Å². The number of carbonyl (C=O) groups is 1. The van der Waals surface area contributed by atoms with Crippen LogP contribution in [0.15, 0.2) is 71.5 Å². The second-order valence-corrected chi connectivity index (χ2v) is 7.97. The van der Waals surface area contributed by atoms with Gasteiger partial charge in [0.1, 0.15) is 6.61 Å². The fourth-order valence-electron chi connectivity index (χ4n) is 3.32. The Kier molecular flexibility index (Phi) is 5.53.